The highest BCUT2D eigenvalue weighted by atomic mass is 16.5. The van der Waals surface area contributed by atoms with Crippen LogP contribution in [-0.2, 0) is 9.53 Å². The van der Waals surface area contributed by atoms with Gasteiger partial charge >= 0.3 is 5.97 Å². The fourth-order valence-corrected chi connectivity index (χ4v) is 2.79. The Morgan fingerprint density at radius 2 is 1.89 bits per heavy atom. The molecular formula is C17H22O2. The van der Waals surface area contributed by atoms with Crippen molar-refractivity contribution in [3.8, 4) is 0 Å². The minimum atomic E-state index is -0.216. The largest absolute Gasteiger partial charge is 0.463 e. The molecule has 2 rings (SSSR count). The van der Waals surface area contributed by atoms with Gasteiger partial charge in [-0.25, -0.2) is 4.79 Å². The lowest BCUT2D eigenvalue weighted by atomic mass is 9.81. The molecule has 0 amide bonds. The zero-order chi connectivity index (χ0) is 13.5. The van der Waals surface area contributed by atoms with Crippen LogP contribution in [-0.4, -0.2) is 12.6 Å². The van der Waals surface area contributed by atoms with Crippen molar-refractivity contribution < 1.29 is 9.53 Å². The second-order valence-corrected chi connectivity index (χ2v) is 5.05. The van der Waals surface area contributed by atoms with Gasteiger partial charge in [-0.05, 0) is 36.8 Å². The molecule has 102 valence electrons. The number of hydrogen-bond donors (Lipinski definition) is 0. The summed E-state index contributed by atoms with van der Waals surface area (Å²) in [6.45, 7) is 2.27. The SMILES string of the molecule is CCOC(=O)/C=C(/c1ccccc1)C1CCCCC1. The van der Waals surface area contributed by atoms with Crippen molar-refractivity contribution >= 4 is 11.5 Å². The van der Waals surface area contributed by atoms with Crippen LogP contribution in [0, 0.1) is 5.92 Å². The van der Waals surface area contributed by atoms with Crippen LogP contribution in [0.15, 0.2) is 36.4 Å². The van der Waals surface area contributed by atoms with Gasteiger partial charge in [0.2, 0.25) is 0 Å². The molecule has 2 nitrogen and oxygen atoms in total. The summed E-state index contributed by atoms with van der Waals surface area (Å²) < 4.78 is 5.07. The van der Waals surface area contributed by atoms with Crippen molar-refractivity contribution in [2.75, 3.05) is 6.61 Å². The third-order valence-electron chi connectivity index (χ3n) is 3.71. The zero-order valence-electron chi connectivity index (χ0n) is 11.6. The number of rotatable bonds is 4. The van der Waals surface area contributed by atoms with E-state index < -0.39 is 0 Å². The van der Waals surface area contributed by atoms with Crippen LogP contribution in [0.3, 0.4) is 0 Å². The Labute approximate surface area is 115 Å². The first-order valence-electron chi connectivity index (χ1n) is 7.25. The van der Waals surface area contributed by atoms with E-state index in [0.29, 0.717) is 12.5 Å². The summed E-state index contributed by atoms with van der Waals surface area (Å²) in [7, 11) is 0. The molecule has 1 saturated carbocycles. The molecule has 0 heterocycles. The van der Waals surface area contributed by atoms with E-state index in [2.05, 4.69) is 12.1 Å². The maximum absolute atomic E-state index is 11.8. The Morgan fingerprint density at radius 1 is 1.21 bits per heavy atom. The van der Waals surface area contributed by atoms with Crippen LogP contribution >= 0.6 is 0 Å². The lowest BCUT2D eigenvalue weighted by molar-refractivity contribution is -0.137. The maximum Gasteiger partial charge on any atom is 0.331 e. The van der Waals surface area contributed by atoms with Gasteiger partial charge in [-0.1, -0.05) is 49.6 Å². The monoisotopic (exact) mass is 258 g/mol. The molecule has 19 heavy (non-hydrogen) atoms. The summed E-state index contributed by atoms with van der Waals surface area (Å²) in [6, 6.07) is 10.2. The smallest absolute Gasteiger partial charge is 0.331 e. The fourth-order valence-electron chi connectivity index (χ4n) is 2.79. The molecule has 0 aromatic heterocycles. The Balaban J connectivity index is 2.24. The van der Waals surface area contributed by atoms with Crippen LogP contribution in [0.1, 0.15) is 44.6 Å². The molecule has 1 aliphatic rings. The minimum Gasteiger partial charge on any atom is -0.463 e. The van der Waals surface area contributed by atoms with Crippen LogP contribution in [0.2, 0.25) is 0 Å². The van der Waals surface area contributed by atoms with Gasteiger partial charge in [0.1, 0.15) is 0 Å². The number of carbonyl (C=O) groups excluding carboxylic acids is 1. The van der Waals surface area contributed by atoms with Crippen molar-refractivity contribution in [1.82, 2.24) is 0 Å². The predicted molar refractivity (Wildman–Crippen MR) is 77.6 cm³/mol. The molecule has 0 atom stereocenters. The highest BCUT2D eigenvalue weighted by Gasteiger charge is 2.20. The standard InChI is InChI=1S/C17H22O2/c1-2-19-17(18)13-16(14-9-5-3-6-10-14)15-11-7-4-8-12-15/h3,5-6,9-10,13,15H,2,4,7-8,11-12H2,1H3/b16-13-. The Hall–Kier alpha value is -1.57. The average molecular weight is 258 g/mol. The average Bonchev–Trinajstić information content (AvgIpc) is 2.47. The molecule has 1 aromatic carbocycles. The number of ether oxygens (including phenoxy) is 1. The number of esters is 1. The molecular weight excluding hydrogens is 236 g/mol. The fraction of sp³-hybridized carbons (Fsp3) is 0.471. The normalized spacial score (nSPS) is 17.2. The van der Waals surface area contributed by atoms with Gasteiger partial charge in [-0.3, -0.25) is 0 Å². The van der Waals surface area contributed by atoms with E-state index in [0.717, 1.165) is 11.1 Å². The number of carbonyl (C=O) groups is 1. The first-order chi connectivity index (χ1) is 9.31. The molecule has 0 bridgehead atoms. The molecule has 0 unspecified atom stereocenters. The molecule has 0 saturated heterocycles. The molecule has 0 N–H and O–H groups in total. The second-order valence-electron chi connectivity index (χ2n) is 5.05. The minimum absolute atomic E-state index is 0.216. The third-order valence-corrected chi connectivity index (χ3v) is 3.71. The number of hydrogen-bond acceptors (Lipinski definition) is 2. The van der Waals surface area contributed by atoms with E-state index in [9.17, 15) is 4.79 Å². The summed E-state index contributed by atoms with van der Waals surface area (Å²) in [4.78, 5) is 11.8. The van der Waals surface area contributed by atoms with E-state index in [1.165, 1.54) is 32.1 Å². The number of allylic oxidation sites excluding steroid dienone is 1. The lowest BCUT2D eigenvalue weighted by Crippen LogP contribution is -2.11. The Bertz CT molecular complexity index is 428. The highest BCUT2D eigenvalue weighted by Crippen LogP contribution is 2.35. The Kier molecular flexibility index (Phi) is 5.20. The van der Waals surface area contributed by atoms with Gasteiger partial charge in [0.15, 0.2) is 0 Å². The van der Waals surface area contributed by atoms with Crippen LogP contribution in [0.5, 0.6) is 0 Å². The van der Waals surface area contributed by atoms with Crippen molar-refractivity contribution in [3.05, 3.63) is 42.0 Å². The van der Waals surface area contributed by atoms with Crippen molar-refractivity contribution in [1.29, 1.82) is 0 Å². The van der Waals surface area contributed by atoms with Gasteiger partial charge in [0.05, 0.1) is 6.61 Å². The first-order valence-corrected chi connectivity index (χ1v) is 7.25. The third kappa shape index (κ3) is 3.95. The molecule has 1 aliphatic carbocycles. The van der Waals surface area contributed by atoms with Crippen LogP contribution in [0.25, 0.3) is 5.57 Å². The van der Waals surface area contributed by atoms with E-state index in [-0.39, 0.29) is 5.97 Å². The van der Waals surface area contributed by atoms with Crippen LogP contribution in [0.4, 0.5) is 0 Å². The topological polar surface area (TPSA) is 26.3 Å². The summed E-state index contributed by atoms with van der Waals surface area (Å²) in [6.07, 6.45) is 7.91. The Morgan fingerprint density at radius 3 is 2.53 bits per heavy atom. The van der Waals surface area contributed by atoms with E-state index in [1.54, 1.807) is 6.08 Å². The van der Waals surface area contributed by atoms with Crippen LogP contribution < -0.4 is 0 Å². The lowest BCUT2D eigenvalue weighted by Gasteiger charge is -2.24. The summed E-state index contributed by atoms with van der Waals surface area (Å²) in [5, 5.41) is 0. The molecule has 0 radical (unpaired) electrons. The molecule has 2 heteroatoms. The zero-order valence-corrected chi connectivity index (χ0v) is 11.6. The summed E-state index contributed by atoms with van der Waals surface area (Å²) >= 11 is 0. The maximum atomic E-state index is 11.8. The predicted octanol–water partition coefficient (Wildman–Crippen LogP) is 4.21. The number of benzene rings is 1. The van der Waals surface area contributed by atoms with E-state index in [4.69, 9.17) is 4.74 Å². The highest BCUT2D eigenvalue weighted by molar-refractivity contribution is 5.91. The quantitative estimate of drug-likeness (QED) is 0.597. The summed E-state index contributed by atoms with van der Waals surface area (Å²) in [5.74, 6) is 0.285. The van der Waals surface area contributed by atoms with Gasteiger partial charge in [0.25, 0.3) is 0 Å². The van der Waals surface area contributed by atoms with E-state index in [1.807, 2.05) is 25.1 Å². The molecule has 0 spiro atoms. The van der Waals surface area contributed by atoms with Gasteiger partial charge in [-0.2, -0.15) is 0 Å². The van der Waals surface area contributed by atoms with Crippen molar-refractivity contribution in [2.45, 2.75) is 39.0 Å². The first kappa shape index (κ1) is 13.9. The summed E-state index contributed by atoms with van der Waals surface area (Å²) in [5.41, 5.74) is 2.31. The molecule has 1 aromatic rings. The molecule has 1 fully saturated rings. The molecule has 0 aliphatic heterocycles. The second kappa shape index (κ2) is 7.13. The van der Waals surface area contributed by atoms with Crippen molar-refractivity contribution in [2.24, 2.45) is 5.92 Å². The van der Waals surface area contributed by atoms with Crippen molar-refractivity contribution in [3.63, 3.8) is 0 Å². The van der Waals surface area contributed by atoms with Gasteiger partial charge in [-0.15, -0.1) is 0 Å². The van der Waals surface area contributed by atoms with Gasteiger partial charge < -0.3 is 4.74 Å². The van der Waals surface area contributed by atoms with E-state index >= 15 is 0 Å². The van der Waals surface area contributed by atoms with Gasteiger partial charge in [0, 0.05) is 6.08 Å².